The van der Waals surface area contributed by atoms with E-state index in [1.165, 1.54) is 0 Å². The average molecular weight is 382 g/mol. The molecule has 6 heteroatoms. The van der Waals surface area contributed by atoms with Gasteiger partial charge < -0.3 is 10.2 Å². The van der Waals surface area contributed by atoms with E-state index in [9.17, 15) is 19.2 Å². The molecule has 28 heavy (non-hydrogen) atoms. The molecule has 0 amide bonds. The quantitative estimate of drug-likeness (QED) is 0.408. The number of carbonyl (C=O) groups is 4. The van der Waals surface area contributed by atoms with Gasteiger partial charge in [-0.25, -0.2) is 9.59 Å². The first kappa shape index (κ1) is 22.5. The Morgan fingerprint density at radius 2 is 1.32 bits per heavy atom. The Balaban J connectivity index is 0.000000416. The summed E-state index contributed by atoms with van der Waals surface area (Å²) < 4.78 is 0. The third-order valence-corrected chi connectivity index (χ3v) is 3.67. The average Bonchev–Trinajstić information content (AvgIpc) is 2.71. The summed E-state index contributed by atoms with van der Waals surface area (Å²) >= 11 is 0. The Kier molecular flexibility index (Phi) is 9.61. The van der Waals surface area contributed by atoms with Crippen molar-refractivity contribution in [3.63, 3.8) is 0 Å². The van der Waals surface area contributed by atoms with Crippen LogP contribution in [0.3, 0.4) is 0 Å². The summed E-state index contributed by atoms with van der Waals surface area (Å²) in [6.45, 7) is 2.11. The van der Waals surface area contributed by atoms with Gasteiger partial charge in [0.1, 0.15) is 0 Å². The van der Waals surface area contributed by atoms with Gasteiger partial charge in [0.05, 0.1) is 0 Å². The molecule has 0 heterocycles. The van der Waals surface area contributed by atoms with Crippen LogP contribution in [0.2, 0.25) is 0 Å². The summed E-state index contributed by atoms with van der Waals surface area (Å²) in [5.74, 6) is -3.36. The molecule has 0 aromatic heterocycles. The Morgan fingerprint density at radius 3 is 1.86 bits per heavy atom. The molecule has 146 valence electrons. The second-order valence-corrected chi connectivity index (χ2v) is 5.79. The van der Waals surface area contributed by atoms with Crippen LogP contribution in [0, 0.1) is 0 Å². The van der Waals surface area contributed by atoms with E-state index in [-0.39, 0.29) is 0 Å². The molecule has 0 unspecified atom stereocenters. The van der Waals surface area contributed by atoms with Crippen molar-refractivity contribution in [2.24, 2.45) is 0 Å². The number of Topliss-reactive ketones (excluding diaryl/α,β-unsaturated/α-hetero) is 2. The van der Waals surface area contributed by atoms with Crippen molar-refractivity contribution >= 4 is 23.5 Å². The Hall–Kier alpha value is -3.54. The fraction of sp³-hybridized carbons (Fsp3) is 0.182. The fourth-order valence-corrected chi connectivity index (χ4v) is 2.31. The van der Waals surface area contributed by atoms with Crippen LogP contribution in [0.4, 0.5) is 0 Å². The molecular formula is C22H22O6. The van der Waals surface area contributed by atoms with Crippen molar-refractivity contribution < 1.29 is 29.4 Å². The van der Waals surface area contributed by atoms with E-state index in [2.05, 4.69) is 6.92 Å². The van der Waals surface area contributed by atoms with Crippen LogP contribution >= 0.6 is 0 Å². The summed E-state index contributed by atoms with van der Waals surface area (Å²) in [7, 11) is 0. The maximum absolute atomic E-state index is 12.4. The van der Waals surface area contributed by atoms with Gasteiger partial charge in [-0.1, -0.05) is 67.9 Å². The molecule has 0 aliphatic carbocycles. The summed E-state index contributed by atoms with van der Waals surface area (Å²) in [6, 6.07) is 16.1. The lowest BCUT2D eigenvalue weighted by Crippen LogP contribution is -2.16. The predicted octanol–water partition coefficient (Wildman–Crippen LogP) is 3.81. The van der Waals surface area contributed by atoms with E-state index in [0.717, 1.165) is 24.8 Å². The van der Waals surface area contributed by atoms with Crippen molar-refractivity contribution in [3.8, 4) is 0 Å². The number of unbranched alkanes of at least 4 members (excludes halogenated alkanes) is 1. The van der Waals surface area contributed by atoms with Crippen molar-refractivity contribution in [2.45, 2.75) is 26.2 Å². The number of hydrogen-bond donors (Lipinski definition) is 2. The van der Waals surface area contributed by atoms with E-state index < -0.39 is 23.5 Å². The zero-order valence-corrected chi connectivity index (χ0v) is 15.5. The molecule has 2 rings (SSSR count). The van der Waals surface area contributed by atoms with Crippen LogP contribution in [-0.4, -0.2) is 33.7 Å². The van der Waals surface area contributed by atoms with Crippen LogP contribution in [-0.2, 0) is 16.0 Å². The number of carboxylic acid groups (broad SMARTS) is 2. The number of benzene rings is 2. The molecule has 2 aromatic carbocycles. The molecule has 0 radical (unpaired) electrons. The number of hydrogen-bond acceptors (Lipinski definition) is 4. The van der Waals surface area contributed by atoms with E-state index in [4.69, 9.17) is 10.2 Å². The number of carbonyl (C=O) groups excluding carboxylic acids is 2. The van der Waals surface area contributed by atoms with Crippen LogP contribution in [0.5, 0.6) is 0 Å². The Bertz CT molecular complexity index is 836. The molecule has 2 N–H and O–H groups in total. The highest BCUT2D eigenvalue weighted by molar-refractivity contribution is 6.49. The molecule has 2 aromatic rings. The lowest BCUT2D eigenvalue weighted by molar-refractivity contribution is -0.134. The maximum atomic E-state index is 12.4. The second-order valence-electron chi connectivity index (χ2n) is 5.79. The van der Waals surface area contributed by atoms with Gasteiger partial charge in [-0.3, -0.25) is 9.59 Å². The maximum Gasteiger partial charge on any atom is 0.328 e. The van der Waals surface area contributed by atoms with Crippen molar-refractivity contribution in [1.82, 2.24) is 0 Å². The van der Waals surface area contributed by atoms with Crippen molar-refractivity contribution in [2.75, 3.05) is 0 Å². The molecule has 0 spiro atoms. The number of aliphatic carboxylic acids is 2. The monoisotopic (exact) mass is 382 g/mol. The van der Waals surface area contributed by atoms with Gasteiger partial charge >= 0.3 is 11.9 Å². The highest BCUT2D eigenvalue weighted by Crippen LogP contribution is 2.15. The van der Waals surface area contributed by atoms with Gasteiger partial charge in [0, 0.05) is 23.3 Å². The smallest absolute Gasteiger partial charge is 0.328 e. The molecular weight excluding hydrogens is 360 g/mol. The SMILES string of the molecule is CCCCc1ccccc1C(=O)C(=O)c1ccccc1.O=C(O)/C=C\C(=O)O. The summed E-state index contributed by atoms with van der Waals surface area (Å²) in [6.07, 6.45) is 4.03. The molecule has 0 bridgehead atoms. The lowest BCUT2D eigenvalue weighted by atomic mass is 9.95. The first-order valence-corrected chi connectivity index (χ1v) is 8.72. The van der Waals surface area contributed by atoms with Gasteiger partial charge in [-0.2, -0.15) is 0 Å². The molecule has 0 aliphatic rings. The minimum Gasteiger partial charge on any atom is -0.478 e. The highest BCUT2D eigenvalue weighted by Gasteiger charge is 2.20. The predicted molar refractivity (Wildman–Crippen MR) is 105 cm³/mol. The molecule has 0 fully saturated rings. The van der Waals surface area contributed by atoms with Crippen molar-refractivity contribution in [3.05, 3.63) is 83.4 Å². The molecule has 6 nitrogen and oxygen atoms in total. The van der Waals surface area contributed by atoms with E-state index >= 15 is 0 Å². The van der Waals surface area contributed by atoms with Crippen LogP contribution in [0.15, 0.2) is 66.7 Å². The molecule has 0 aliphatic heterocycles. The molecule has 0 atom stereocenters. The summed E-state index contributed by atoms with van der Waals surface area (Å²) in [5.41, 5.74) is 1.95. The summed E-state index contributed by atoms with van der Waals surface area (Å²) in [4.78, 5) is 43.7. The number of carboxylic acids is 2. The topological polar surface area (TPSA) is 109 Å². The Morgan fingerprint density at radius 1 is 0.786 bits per heavy atom. The normalized spacial score (nSPS) is 10.0. The highest BCUT2D eigenvalue weighted by atomic mass is 16.4. The summed E-state index contributed by atoms with van der Waals surface area (Å²) in [5, 5.41) is 15.6. The van der Waals surface area contributed by atoms with Crippen LogP contribution in [0.1, 0.15) is 46.0 Å². The second kappa shape index (κ2) is 12.0. The van der Waals surface area contributed by atoms with E-state index in [1.54, 1.807) is 36.4 Å². The van der Waals surface area contributed by atoms with E-state index in [1.807, 2.05) is 18.2 Å². The fourth-order valence-electron chi connectivity index (χ4n) is 2.31. The molecule has 0 saturated carbocycles. The zero-order valence-electron chi connectivity index (χ0n) is 15.5. The van der Waals surface area contributed by atoms with Gasteiger partial charge in [-0.05, 0) is 18.4 Å². The largest absolute Gasteiger partial charge is 0.478 e. The lowest BCUT2D eigenvalue weighted by Gasteiger charge is -2.07. The minimum absolute atomic E-state index is 0.414. The minimum atomic E-state index is -1.26. The standard InChI is InChI=1S/C18H18O2.C4H4O4/c1-2-3-9-14-10-7-8-13-16(14)18(20)17(19)15-11-5-4-6-12-15;5-3(6)1-2-4(7)8/h4-8,10-13H,2-3,9H2,1H3;1-2H,(H,5,6)(H,7,8)/b;2-1-. The Labute approximate surface area is 163 Å². The van der Waals surface area contributed by atoms with Crippen molar-refractivity contribution in [1.29, 1.82) is 0 Å². The van der Waals surface area contributed by atoms with Gasteiger partial charge in [0.2, 0.25) is 11.6 Å². The van der Waals surface area contributed by atoms with E-state index in [0.29, 0.717) is 23.3 Å². The van der Waals surface area contributed by atoms with Crippen LogP contribution in [0.25, 0.3) is 0 Å². The van der Waals surface area contributed by atoms with Gasteiger partial charge in [0.25, 0.3) is 0 Å². The molecule has 0 saturated heterocycles. The zero-order chi connectivity index (χ0) is 20.9. The number of aryl methyl sites for hydroxylation is 1. The first-order chi connectivity index (χ1) is 13.4. The number of ketones is 2. The third kappa shape index (κ3) is 7.78. The van der Waals surface area contributed by atoms with Gasteiger partial charge in [0.15, 0.2) is 0 Å². The van der Waals surface area contributed by atoms with Gasteiger partial charge in [-0.15, -0.1) is 0 Å². The number of rotatable bonds is 8. The first-order valence-electron chi connectivity index (χ1n) is 8.72. The van der Waals surface area contributed by atoms with Crippen LogP contribution < -0.4 is 0 Å². The third-order valence-electron chi connectivity index (χ3n) is 3.67.